The van der Waals surface area contributed by atoms with Crippen LogP contribution in [0.1, 0.15) is 41.5 Å². The first-order valence-electron chi connectivity index (χ1n) is 8.08. The molecule has 0 aromatic heterocycles. The maximum absolute atomic E-state index is 11.9. The molecule has 0 rings (SSSR count). The Morgan fingerprint density at radius 3 is 1.52 bits per heavy atom. The summed E-state index contributed by atoms with van der Waals surface area (Å²) in [7, 11) is 0. The lowest BCUT2D eigenvalue weighted by Crippen LogP contribution is -2.32. The second-order valence-electron chi connectivity index (χ2n) is 7.66. The van der Waals surface area contributed by atoms with Crippen LogP contribution in [0.2, 0.25) is 0 Å². The van der Waals surface area contributed by atoms with Crippen molar-refractivity contribution in [2.75, 3.05) is 32.3 Å². The predicted molar refractivity (Wildman–Crippen MR) is 92.3 cm³/mol. The van der Waals surface area contributed by atoms with Gasteiger partial charge in [-0.25, -0.2) is 4.79 Å². The lowest BCUT2D eigenvalue weighted by Gasteiger charge is -2.23. The number of hydrogen-bond acceptors (Lipinski definition) is 7. The molecular weight excluding hydrogens is 352 g/mol. The highest BCUT2D eigenvalue weighted by molar-refractivity contribution is 6.18. The van der Waals surface area contributed by atoms with E-state index in [1.165, 1.54) is 0 Å². The van der Waals surface area contributed by atoms with Crippen molar-refractivity contribution in [3.05, 3.63) is 0 Å². The summed E-state index contributed by atoms with van der Waals surface area (Å²) in [5.41, 5.74) is -1.32. The van der Waals surface area contributed by atoms with Crippen LogP contribution < -0.4 is 0 Å². The number of carbonyl (C=O) groups is 3. The quantitative estimate of drug-likeness (QED) is 0.363. The fraction of sp³-hybridized carbons (Fsp3) is 0.824. The standard InChI is InChI=1S/C17H29ClO7/c1-16(2,3)13(19)23-9-12(10-24-14(20)17(4,5)6)11-25-15(21)22-8-7-18/h12H,7-11H2,1-6H3. The topological polar surface area (TPSA) is 88.1 Å². The summed E-state index contributed by atoms with van der Waals surface area (Å²) < 4.78 is 20.1. The molecule has 0 spiro atoms. The van der Waals surface area contributed by atoms with Crippen molar-refractivity contribution in [2.24, 2.45) is 16.7 Å². The molecule has 0 saturated carbocycles. The first kappa shape index (κ1) is 23.5. The molecule has 0 heterocycles. The number of carbonyl (C=O) groups excluding carboxylic acids is 3. The molecule has 7 nitrogen and oxygen atoms in total. The number of hydrogen-bond donors (Lipinski definition) is 0. The van der Waals surface area contributed by atoms with Gasteiger partial charge in [0, 0.05) is 0 Å². The van der Waals surface area contributed by atoms with E-state index in [-0.39, 0.29) is 32.3 Å². The van der Waals surface area contributed by atoms with Gasteiger partial charge in [0.15, 0.2) is 0 Å². The molecule has 25 heavy (non-hydrogen) atoms. The first-order chi connectivity index (χ1) is 11.4. The van der Waals surface area contributed by atoms with E-state index < -0.39 is 34.8 Å². The third kappa shape index (κ3) is 10.9. The molecule has 0 bridgehead atoms. The van der Waals surface area contributed by atoms with Gasteiger partial charge in [0.2, 0.25) is 0 Å². The SMILES string of the molecule is CC(C)(C)C(=O)OCC(COC(=O)OCCCl)COC(=O)C(C)(C)C. The monoisotopic (exact) mass is 380 g/mol. The van der Waals surface area contributed by atoms with Crippen molar-refractivity contribution < 1.29 is 33.3 Å². The maximum atomic E-state index is 11.9. The van der Waals surface area contributed by atoms with E-state index in [1.54, 1.807) is 41.5 Å². The van der Waals surface area contributed by atoms with Crippen LogP contribution in [0.15, 0.2) is 0 Å². The minimum Gasteiger partial charge on any atom is -0.465 e. The van der Waals surface area contributed by atoms with E-state index >= 15 is 0 Å². The van der Waals surface area contributed by atoms with Crippen molar-refractivity contribution >= 4 is 29.7 Å². The van der Waals surface area contributed by atoms with Gasteiger partial charge in [-0.1, -0.05) is 0 Å². The molecule has 0 aromatic carbocycles. The first-order valence-corrected chi connectivity index (χ1v) is 8.61. The third-order valence-corrected chi connectivity index (χ3v) is 3.01. The van der Waals surface area contributed by atoms with E-state index in [2.05, 4.69) is 0 Å². The summed E-state index contributed by atoms with van der Waals surface area (Å²) in [6, 6.07) is 0. The van der Waals surface area contributed by atoms with Crippen molar-refractivity contribution in [1.82, 2.24) is 0 Å². The van der Waals surface area contributed by atoms with Gasteiger partial charge >= 0.3 is 18.1 Å². The van der Waals surface area contributed by atoms with Crippen LogP contribution in [-0.4, -0.2) is 50.4 Å². The van der Waals surface area contributed by atoms with Gasteiger partial charge in [0.05, 0.1) is 22.6 Å². The molecule has 0 N–H and O–H groups in total. The molecule has 0 atom stereocenters. The van der Waals surface area contributed by atoms with Crippen LogP contribution in [-0.2, 0) is 28.5 Å². The van der Waals surface area contributed by atoms with Gasteiger partial charge in [-0.15, -0.1) is 11.6 Å². The van der Waals surface area contributed by atoms with Gasteiger partial charge < -0.3 is 18.9 Å². The lowest BCUT2D eigenvalue weighted by molar-refractivity contribution is -0.159. The van der Waals surface area contributed by atoms with E-state index in [1.807, 2.05) is 0 Å². The van der Waals surface area contributed by atoms with Gasteiger partial charge in [-0.2, -0.15) is 0 Å². The smallest absolute Gasteiger partial charge is 0.465 e. The Kier molecular flexibility index (Phi) is 9.85. The fourth-order valence-corrected chi connectivity index (χ4v) is 1.39. The number of rotatable bonds is 8. The van der Waals surface area contributed by atoms with E-state index in [4.69, 9.17) is 30.5 Å². The minimum absolute atomic E-state index is 0.0308. The van der Waals surface area contributed by atoms with Crippen LogP contribution >= 0.6 is 11.6 Å². The highest BCUT2D eigenvalue weighted by atomic mass is 35.5. The van der Waals surface area contributed by atoms with Crippen LogP contribution in [0, 0.1) is 16.7 Å². The highest BCUT2D eigenvalue weighted by Gasteiger charge is 2.27. The van der Waals surface area contributed by atoms with E-state index in [0.717, 1.165) is 0 Å². The largest absolute Gasteiger partial charge is 0.508 e. The van der Waals surface area contributed by atoms with Crippen molar-refractivity contribution in [3.63, 3.8) is 0 Å². The van der Waals surface area contributed by atoms with Crippen molar-refractivity contribution in [2.45, 2.75) is 41.5 Å². The molecule has 0 radical (unpaired) electrons. The van der Waals surface area contributed by atoms with E-state index in [9.17, 15) is 14.4 Å². The van der Waals surface area contributed by atoms with Gasteiger partial charge in [-0.3, -0.25) is 9.59 Å². The van der Waals surface area contributed by atoms with Gasteiger partial charge in [-0.05, 0) is 41.5 Å². The number of ether oxygens (including phenoxy) is 4. The molecule has 0 aliphatic heterocycles. The van der Waals surface area contributed by atoms with Gasteiger partial charge in [0.25, 0.3) is 0 Å². The zero-order valence-corrected chi connectivity index (χ0v) is 16.6. The maximum Gasteiger partial charge on any atom is 0.508 e. The second-order valence-corrected chi connectivity index (χ2v) is 8.04. The Bertz CT molecular complexity index is 419. The summed E-state index contributed by atoms with van der Waals surface area (Å²) in [5.74, 6) is -1.14. The number of esters is 2. The number of halogens is 1. The molecule has 0 amide bonds. The average Bonchev–Trinajstić information content (AvgIpc) is 2.49. The van der Waals surface area contributed by atoms with Gasteiger partial charge in [0.1, 0.15) is 26.4 Å². The van der Waals surface area contributed by atoms with Crippen LogP contribution in [0.3, 0.4) is 0 Å². The normalized spacial score (nSPS) is 11.8. The Morgan fingerprint density at radius 2 is 1.16 bits per heavy atom. The fourth-order valence-electron chi connectivity index (χ4n) is 1.31. The summed E-state index contributed by atoms with van der Waals surface area (Å²) >= 11 is 5.42. The molecular formula is C17H29ClO7. The molecule has 0 saturated heterocycles. The average molecular weight is 381 g/mol. The Hall–Kier alpha value is -1.50. The summed E-state index contributed by atoms with van der Waals surface area (Å²) in [6.45, 7) is 10.2. The summed E-state index contributed by atoms with van der Waals surface area (Å²) in [5, 5.41) is 0. The molecule has 146 valence electrons. The molecule has 0 unspecified atom stereocenters. The number of alkyl halides is 1. The zero-order chi connectivity index (χ0) is 19.7. The van der Waals surface area contributed by atoms with Crippen LogP contribution in [0.5, 0.6) is 0 Å². The Morgan fingerprint density at radius 1 is 0.760 bits per heavy atom. The summed E-state index contributed by atoms with van der Waals surface area (Å²) in [4.78, 5) is 35.1. The molecule has 0 fully saturated rings. The molecule has 0 aliphatic carbocycles. The van der Waals surface area contributed by atoms with Crippen LogP contribution in [0.25, 0.3) is 0 Å². The Balaban J connectivity index is 4.62. The molecule has 0 aliphatic rings. The molecule has 0 aromatic rings. The van der Waals surface area contributed by atoms with Crippen LogP contribution in [0.4, 0.5) is 4.79 Å². The molecule has 8 heteroatoms. The summed E-state index contributed by atoms with van der Waals surface area (Å²) in [6.07, 6.45) is -0.880. The highest BCUT2D eigenvalue weighted by Crippen LogP contribution is 2.18. The third-order valence-electron chi connectivity index (χ3n) is 2.86. The van der Waals surface area contributed by atoms with Crippen molar-refractivity contribution in [3.8, 4) is 0 Å². The lowest BCUT2D eigenvalue weighted by atomic mass is 9.97. The van der Waals surface area contributed by atoms with E-state index in [0.29, 0.717) is 0 Å². The van der Waals surface area contributed by atoms with Crippen molar-refractivity contribution in [1.29, 1.82) is 0 Å². The zero-order valence-electron chi connectivity index (χ0n) is 15.8. The minimum atomic E-state index is -0.880. The Labute approximate surface area is 154 Å². The predicted octanol–water partition coefficient (Wildman–Crippen LogP) is 3.17. The second kappa shape index (κ2) is 10.5.